The standard InChI is InChI=1S/C21H19N3O4S/c1-28-20(27)15-8-5-9-16(12-15)22-19(26)17-13-29-21(23-17)24-18(25)11-10-14-6-3-2-4-7-14/h2-9,12-13H,10-11H2,1H3,(H,22,26)(H,23,24,25). The highest BCUT2D eigenvalue weighted by Gasteiger charge is 2.14. The number of benzene rings is 2. The van der Waals surface area contributed by atoms with Crippen molar-refractivity contribution in [3.05, 3.63) is 76.8 Å². The van der Waals surface area contributed by atoms with Crippen LogP contribution in [-0.2, 0) is 16.0 Å². The molecule has 29 heavy (non-hydrogen) atoms. The van der Waals surface area contributed by atoms with Gasteiger partial charge in [-0.3, -0.25) is 9.59 Å². The second-order valence-electron chi connectivity index (χ2n) is 6.10. The van der Waals surface area contributed by atoms with E-state index in [9.17, 15) is 14.4 Å². The Morgan fingerprint density at radius 2 is 1.83 bits per heavy atom. The number of thiazole rings is 1. The molecule has 0 saturated carbocycles. The number of carbonyl (C=O) groups is 3. The van der Waals surface area contributed by atoms with Gasteiger partial charge in [0.05, 0.1) is 12.7 Å². The van der Waals surface area contributed by atoms with E-state index in [0.717, 1.165) is 5.56 Å². The molecule has 1 aromatic heterocycles. The van der Waals surface area contributed by atoms with Crippen LogP contribution < -0.4 is 10.6 Å². The van der Waals surface area contributed by atoms with Crippen LogP contribution in [0.15, 0.2) is 60.0 Å². The zero-order valence-corrected chi connectivity index (χ0v) is 16.5. The Labute approximate surface area is 171 Å². The highest BCUT2D eigenvalue weighted by Crippen LogP contribution is 2.18. The molecule has 0 bridgehead atoms. The number of anilines is 2. The van der Waals surface area contributed by atoms with Crippen molar-refractivity contribution < 1.29 is 19.1 Å². The quantitative estimate of drug-likeness (QED) is 0.579. The fourth-order valence-corrected chi connectivity index (χ4v) is 3.26. The Kier molecular flexibility index (Phi) is 6.70. The summed E-state index contributed by atoms with van der Waals surface area (Å²) in [6.45, 7) is 0. The van der Waals surface area contributed by atoms with Crippen LogP contribution >= 0.6 is 11.3 Å². The summed E-state index contributed by atoms with van der Waals surface area (Å²) in [4.78, 5) is 40.2. The Balaban J connectivity index is 1.56. The van der Waals surface area contributed by atoms with Crippen LogP contribution in [-0.4, -0.2) is 29.9 Å². The number of hydrogen-bond donors (Lipinski definition) is 2. The summed E-state index contributed by atoms with van der Waals surface area (Å²) in [6, 6.07) is 16.1. The van der Waals surface area contributed by atoms with Crippen molar-refractivity contribution in [3.8, 4) is 0 Å². The summed E-state index contributed by atoms with van der Waals surface area (Å²) in [7, 11) is 1.29. The first kappa shape index (κ1) is 20.2. The van der Waals surface area contributed by atoms with E-state index in [1.807, 2.05) is 30.3 Å². The number of carbonyl (C=O) groups excluding carboxylic acids is 3. The number of aryl methyl sites for hydroxylation is 1. The predicted molar refractivity (Wildman–Crippen MR) is 111 cm³/mol. The molecule has 0 fully saturated rings. The molecular formula is C21H19N3O4S. The minimum atomic E-state index is -0.491. The van der Waals surface area contributed by atoms with Gasteiger partial charge in [-0.15, -0.1) is 11.3 Å². The van der Waals surface area contributed by atoms with Crippen molar-refractivity contribution in [2.45, 2.75) is 12.8 Å². The van der Waals surface area contributed by atoms with Crippen LogP contribution in [0.1, 0.15) is 32.8 Å². The number of amides is 2. The number of methoxy groups -OCH3 is 1. The number of aromatic nitrogens is 1. The molecule has 148 valence electrons. The van der Waals surface area contributed by atoms with E-state index in [-0.39, 0.29) is 11.6 Å². The summed E-state index contributed by atoms with van der Waals surface area (Å²) in [5, 5.41) is 7.31. The number of hydrogen-bond acceptors (Lipinski definition) is 6. The van der Waals surface area contributed by atoms with Gasteiger partial charge in [0.1, 0.15) is 5.69 Å². The van der Waals surface area contributed by atoms with Crippen molar-refractivity contribution in [1.82, 2.24) is 4.98 Å². The van der Waals surface area contributed by atoms with Gasteiger partial charge in [-0.25, -0.2) is 9.78 Å². The SMILES string of the molecule is COC(=O)c1cccc(NC(=O)c2csc(NC(=O)CCc3ccccc3)n2)c1. The highest BCUT2D eigenvalue weighted by molar-refractivity contribution is 7.14. The summed E-state index contributed by atoms with van der Waals surface area (Å²) >= 11 is 1.17. The molecular weight excluding hydrogens is 390 g/mol. The lowest BCUT2D eigenvalue weighted by Gasteiger charge is -2.05. The maximum Gasteiger partial charge on any atom is 0.337 e. The lowest BCUT2D eigenvalue weighted by atomic mass is 10.1. The largest absolute Gasteiger partial charge is 0.465 e. The molecule has 1 heterocycles. The molecule has 2 N–H and O–H groups in total. The van der Waals surface area contributed by atoms with Gasteiger partial charge in [0.15, 0.2) is 5.13 Å². The molecule has 0 saturated heterocycles. The van der Waals surface area contributed by atoms with Crippen LogP contribution in [0, 0.1) is 0 Å². The van der Waals surface area contributed by atoms with E-state index in [1.54, 1.807) is 23.6 Å². The molecule has 0 aliphatic carbocycles. The first-order chi connectivity index (χ1) is 14.0. The summed E-state index contributed by atoms with van der Waals surface area (Å²) in [6.07, 6.45) is 0.952. The van der Waals surface area contributed by atoms with Crippen molar-refractivity contribution >= 4 is 39.9 Å². The minimum absolute atomic E-state index is 0.166. The van der Waals surface area contributed by atoms with Gasteiger partial charge in [-0.05, 0) is 30.2 Å². The van der Waals surface area contributed by atoms with Gasteiger partial charge < -0.3 is 15.4 Å². The third-order valence-corrected chi connectivity index (χ3v) is 4.77. The van der Waals surface area contributed by atoms with E-state index < -0.39 is 11.9 Å². The fourth-order valence-electron chi connectivity index (χ4n) is 2.56. The molecule has 3 aromatic rings. The minimum Gasteiger partial charge on any atom is -0.465 e. The van der Waals surface area contributed by atoms with E-state index in [0.29, 0.717) is 29.2 Å². The molecule has 0 atom stereocenters. The highest BCUT2D eigenvalue weighted by atomic mass is 32.1. The summed E-state index contributed by atoms with van der Waals surface area (Å²) < 4.78 is 4.67. The summed E-state index contributed by atoms with van der Waals surface area (Å²) in [5.74, 6) is -1.09. The second-order valence-corrected chi connectivity index (χ2v) is 6.96. The molecule has 0 aliphatic heterocycles. The molecule has 8 heteroatoms. The topological polar surface area (TPSA) is 97.4 Å². The van der Waals surface area contributed by atoms with Gasteiger partial charge in [0.2, 0.25) is 5.91 Å². The average molecular weight is 409 g/mol. The maximum atomic E-state index is 12.4. The maximum absolute atomic E-state index is 12.4. The molecule has 0 radical (unpaired) electrons. The Morgan fingerprint density at radius 1 is 1.03 bits per heavy atom. The van der Waals surface area contributed by atoms with Gasteiger partial charge >= 0.3 is 5.97 Å². The molecule has 2 aromatic carbocycles. The van der Waals surface area contributed by atoms with Crippen LogP contribution in [0.2, 0.25) is 0 Å². The Bertz CT molecular complexity index is 1020. The van der Waals surface area contributed by atoms with E-state index in [1.165, 1.54) is 24.5 Å². The second kappa shape index (κ2) is 9.61. The predicted octanol–water partition coefficient (Wildman–Crippen LogP) is 3.75. The first-order valence-corrected chi connectivity index (χ1v) is 9.72. The normalized spacial score (nSPS) is 10.2. The van der Waals surface area contributed by atoms with Gasteiger partial charge in [-0.1, -0.05) is 36.4 Å². The molecule has 2 amide bonds. The van der Waals surface area contributed by atoms with Crippen molar-refractivity contribution in [2.24, 2.45) is 0 Å². The van der Waals surface area contributed by atoms with Crippen molar-refractivity contribution in [1.29, 1.82) is 0 Å². The molecule has 0 aliphatic rings. The number of esters is 1. The Hall–Kier alpha value is -3.52. The number of nitrogens with one attached hydrogen (secondary N) is 2. The lowest BCUT2D eigenvalue weighted by molar-refractivity contribution is -0.116. The van der Waals surface area contributed by atoms with Crippen LogP contribution in [0.5, 0.6) is 0 Å². The third-order valence-electron chi connectivity index (χ3n) is 4.01. The van der Waals surface area contributed by atoms with Gasteiger partial charge in [0, 0.05) is 17.5 Å². The zero-order chi connectivity index (χ0) is 20.6. The molecule has 3 rings (SSSR count). The van der Waals surface area contributed by atoms with Crippen molar-refractivity contribution in [3.63, 3.8) is 0 Å². The lowest BCUT2D eigenvalue weighted by Crippen LogP contribution is -2.15. The molecule has 0 spiro atoms. The van der Waals surface area contributed by atoms with Gasteiger partial charge in [0.25, 0.3) is 5.91 Å². The Morgan fingerprint density at radius 3 is 2.59 bits per heavy atom. The molecule has 0 unspecified atom stereocenters. The van der Waals surface area contributed by atoms with E-state index in [2.05, 4.69) is 20.4 Å². The van der Waals surface area contributed by atoms with E-state index >= 15 is 0 Å². The van der Waals surface area contributed by atoms with Gasteiger partial charge in [-0.2, -0.15) is 0 Å². The smallest absolute Gasteiger partial charge is 0.337 e. The fraction of sp³-hybridized carbons (Fsp3) is 0.143. The summed E-state index contributed by atoms with van der Waals surface area (Å²) in [5.41, 5.74) is 2.03. The number of rotatable bonds is 7. The number of nitrogens with zero attached hydrogens (tertiary/aromatic N) is 1. The van der Waals surface area contributed by atoms with E-state index in [4.69, 9.17) is 0 Å². The van der Waals surface area contributed by atoms with Crippen LogP contribution in [0.25, 0.3) is 0 Å². The molecule has 7 nitrogen and oxygen atoms in total. The van der Waals surface area contributed by atoms with Crippen LogP contribution in [0.4, 0.5) is 10.8 Å². The number of ether oxygens (including phenoxy) is 1. The van der Waals surface area contributed by atoms with Crippen molar-refractivity contribution in [2.75, 3.05) is 17.7 Å². The van der Waals surface area contributed by atoms with Crippen LogP contribution in [0.3, 0.4) is 0 Å². The first-order valence-electron chi connectivity index (χ1n) is 8.84. The monoisotopic (exact) mass is 409 g/mol. The average Bonchev–Trinajstić information content (AvgIpc) is 3.21. The third kappa shape index (κ3) is 5.73. The zero-order valence-electron chi connectivity index (χ0n) is 15.7.